The van der Waals surface area contributed by atoms with Crippen LogP contribution in [0.3, 0.4) is 0 Å². The highest BCUT2D eigenvalue weighted by molar-refractivity contribution is 5.98. The molecule has 0 bridgehead atoms. The van der Waals surface area contributed by atoms with E-state index in [1.165, 1.54) is 6.07 Å². The van der Waals surface area contributed by atoms with E-state index in [9.17, 15) is 23.5 Å². The van der Waals surface area contributed by atoms with Crippen LogP contribution >= 0.6 is 0 Å². The number of hydrogen-bond donors (Lipinski definition) is 3. The molecule has 0 unspecified atom stereocenters. The summed E-state index contributed by atoms with van der Waals surface area (Å²) in [6.07, 6.45) is 2.01. The van der Waals surface area contributed by atoms with Crippen LogP contribution in [0.2, 0.25) is 0 Å². The zero-order valence-corrected chi connectivity index (χ0v) is 12.5. The lowest BCUT2D eigenvalue weighted by Gasteiger charge is -2.41. The van der Waals surface area contributed by atoms with Gasteiger partial charge in [0.05, 0.1) is 0 Å². The van der Waals surface area contributed by atoms with Gasteiger partial charge in [-0.15, -0.1) is 0 Å². The molecule has 0 spiro atoms. The number of aliphatic hydroxyl groups is 1. The van der Waals surface area contributed by atoms with E-state index in [0.29, 0.717) is 31.4 Å². The average Bonchev–Trinajstić information content (AvgIpc) is 2.64. The van der Waals surface area contributed by atoms with Gasteiger partial charge in [-0.25, -0.2) is 0 Å². The predicted octanol–water partition coefficient (Wildman–Crippen LogP) is 2.45. The summed E-state index contributed by atoms with van der Waals surface area (Å²) in [6.45, 7) is 0. The number of rotatable bonds is 3. The average molecular weight is 324 g/mol. The predicted molar refractivity (Wildman–Crippen MR) is 80.4 cm³/mol. The van der Waals surface area contributed by atoms with Crippen LogP contribution in [0.1, 0.15) is 37.7 Å². The Bertz CT molecular complexity index is 657. The number of benzene rings is 1. The number of anilines is 2. The molecule has 1 heterocycles. The molecule has 2 amide bonds. The van der Waals surface area contributed by atoms with Crippen molar-refractivity contribution in [2.75, 3.05) is 10.6 Å². The molecular formula is C16H18F2N2O3. The van der Waals surface area contributed by atoms with Crippen molar-refractivity contribution in [1.82, 2.24) is 0 Å². The molecule has 3 rings (SSSR count). The highest BCUT2D eigenvalue weighted by atomic mass is 19.3. The monoisotopic (exact) mass is 324 g/mol. The van der Waals surface area contributed by atoms with E-state index in [1.54, 1.807) is 12.1 Å². The van der Waals surface area contributed by atoms with E-state index in [0.717, 1.165) is 5.56 Å². The molecule has 3 N–H and O–H groups in total. The lowest BCUT2D eigenvalue weighted by Crippen LogP contribution is -2.59. The number of carbonyl (C=O) groups is 2. The molecule has 0 saturated heterocycles. The topological polar surface area (TPSA) is 78.4 Å². The smallest absolute Gasteiger partial charge is 0.352 e. The molecule has 1 aromatic rings. The summed E-state index contributed by atoms with van der Waals surface area (Å²) in [5, 5.41) is 14.7. The highest BCUT2D eigenvalue weighted by Gasteiger charge is 2.61. The van der Waals surface area contributed by atoms with Crippen LogP contribution in [0.15, 0.2) is 18.2 Å². The molecule has 0 aromatic heterocycles. The van der Waals surface area contributed by atoms with Crippen molar-refractivity contribution < 1.29 is 23.5 Å². The molecule has 1 aromatic carbocycles. The minimum atomic E-state index is -3.83. The molecule has 2 aliphatic rings. The summed E-state index contributed by atoms with van der Waals surface area (Å²) in [6, 6.07) is 4.63. The van der Waals surface area contributed by atoms with Gasteiger partial charge in [0.25, 0.3) is 5.91 Å². The standard InChI is InChI=1S/C16H18F2N2O3/c17-16(18,15(23)7-2-8-15)14(22)19-11-5-6-12-10(9-11)3-1-4-13(21)20-12/h5-6,9,23H,1-4,7-8H2,(H,19,22)(H,20,21). The Hall–Kier alpha value is -2.02. The van der Waals surface area contributed by atoms with Crippen LogP contribution in [0.5, 0.6) is 0 Å². The number of alkyl halides is 2. The SMILES string of the molecule is O=C1CCCc2cc(NC(=O)C(F)(F)C3(O)CCC3)ccc2N1. The molecule has 5 nitrogen and oxygen atoms in total. The number of carbonyl (C=O) groups excluding carboxylic acids is 2. The molecule has 1 aliphatic carbocycles. The Morgan fingerprint density at radius 3 is 2.65 bits per heavy atom. The fourth-order valence-electron chi connectivity index (χ4n) is 2.90. The zero-order valence-electron chi connectivity index (χ0n) is 12.5. The van der Waals surface area contributed by atoms with Gasteiger partial charge in [-0.2, -0.15) is 8.78 Å². The van der Waals surface area contributed by atoms with Gasteiger partial charge in [0.1, 0.15) is 5.60 Å². The molecule has 1 aliphatic heterocycles. The van der Waals surface area contributed by atoms with Gasteiger partial charge < -0.3 is 15.7 Å². The van der Waals surface area contributed by atoms with Crippen LogP contribution in [-0.2, 0) is 16.0 Å². The van der Waals surface area contributed by atoms with Gasteiger partial charge >= 0.3 is 5.92 Å². The van der Waals surface area contributed by atoms with Crippen LogP contribution in [0, 0.1) is 0 Å². The van der Waals surface area contributed by atoms with E-state index >= 15 is 0 Å². The zero-order chi connectivity index (χ0) is 16.7. The molecule has 7 heteroatoms. The van der Waals surface area contributed by atoms with Crippen molar-refractivity contribution in [1.29, 1.82) is 0 Å². The van der Waals surface area contributed by atoms with Crippen LogP contribution < -0.4 is 10.6 Å². The van der Waals surface area contributed by atoms with Crippen molar-refractivity contribution in [3.8, 4) is 0 Å². The fraction of sp³-hybridized carbons (Fsp3) is 0.500. The molecule has 0 radical (unpaired) electrons. The third-order valence-electron chi connectivity index (χ3n) is 4.54. The first-order valence-corrected chi connectivity index (χ1v) is 7.66. The van der Waals surface area contributed by atoms with Gasteiger partial charge in [0.2, 0.25) is 5.91 Å². The maximum absolute atomic E-state index is 14.1. The Morgan fingerprint density at radius 1 is 1.26 bits per heavy atom. The van der Waals surface area contributed by atoms with Crippen molar-refractivity contribution >= 4 is 23.2 Å². The van der Waals surface area contributed by atoms with Gasteiger partial charge in [0, 0.05) is 17.8 Å². The number of nitrogens with one attached hydrogen (secondary N) is 2. The lowest BCUT2D eigenvalue weighted by atomic mass is 9.75. The first-order chi connectivity index (χ1) is 10.8. The van der Waals surface area contributed by atoms with E-state index < -0.39 is 17.4 Å². The normalized spacial score (nSPS) is 19.9. The molecule has 0 atom stereocenters. The van der Waals surface area contributed by atoms with Crippen LogP contribution in [0.25, 0.3) is 0 Å². The number of aryl methyl sites for hydroxylation is 1. The summed E-state index contributed by atoms with van der Waals surface area (Å²) in [5.41, 5.74) is -0.585. The fourth-order valence-corrected chi connectivity index (χ4v) is 2.90. The number of hydrogen-bond acceptors (Lipinski definition) is 3. The minimum absolute atomic E-state index is 0.0797. The molecule has 1 fully saturated rings. The summed E-state index contributed by atoms with van der Waals surface area (Å²) in [7, 11) is 0. The van der Waals surface area contributed by atoms with E-state index in [4.69, 9.17) is 0 Å². The highest BCUT2D eigenvalue weighted by Crippen LogP contribution is 2.44. The summed E-state index contributed by atoms with van der Waals surface area (Å²) in [4.78, 5) is 23.4. The lowest BCUT2D eigenvalue weighted by molar-refractivity contribution is -0.212. The van der Waals surface area contributed by atoms with Gasteiger partial charge in [-0.3, -0.25) is 9.59 Å². The second kappa shape index (κ2) is 5.56. The van der Waals surface area contributed by atoms with Crippen molar-refractivity contribution in [2.45, 2.75) is 50.0 Å². The quantitative estimate of drug-likeness (QED) is 0.799. The molecule has 124 valence electrons. The Balaban J connectivity index is 1.77. The van der Waals surface area contributed by atoms with E-state index in [-0.39, 0.29) is 24.4 Å². The molecule has 23 heavy (non-hydrogen) atoms. The van der Waals surface area contributed by atoms with Crippen LogP contribution in [0.4, 0.5) is 20.2 Å². The first kappa shape index (κ1) is 15.9. The Kier molecular flexibility index (Phi) is 3.83. The second-order valence-corrected chi connectivity index (χ2v) is 6.19. The second-order valence-electron chi connectivity index (χ2n) is 6.19. The van der Waals surface area contributed by atoms with Crippen LogP contribution in [-0.4, -0.2) is 28.4 Å². The largest absolute Gasteiger partial charge is 0.383 e. The number of amides is 2. The van der Waals surface area contributed by atoms with Crippen molar-refractivity contribution in [3.05, 3.63) is 23.8 Å². The van der Waals surface area contributed by atoms with Crippen molar-refractivity contribution in [2.24, 2.45) is 0 Å². The van der Waals surface area contributed by atoms with Crippen molar-refractivity contribution in [3.63, 3.8) is 0 Å². The minimum Gasteiger partial charge on any atom is -0.383 e. The summed E-state index contributed by atoms with van der Waals surface area (Å²) >= 11 is 0. The van der Waals surface area contributed by atoms with E-state index in [1.807, 2.05) is 0 Å². The first-order valence-electron chi connectivity index (χ1n) is 7.66. The van der Waals surface area contributed by atoms with Gasteiger partial charge in [0.15, 0.2) is 0 Å². The Morgan fingerprint density at radius 2 is 2.00 bits per heavy atom. The third kappa shape index (κ3) is 2.81. The third-order valence-corrected chi connectivity index (χ3v) is 4.54. The van der Waals surface area contributed by atoms with Gasteiger partial charge in [-0.1, -0.05) is 0 Å². The van der Waals surface area contributed by atoms with Gasteiger partial charge in [-0.05, 0) is 55.9 Å². The maximum atomic E-state index is 14.1. The summed E-state index contributed by atoms with van der Waals surface area (Å²) in [5.74, 6) is -5.41. The van der Waals surface area contributed by atoms with E-state index in [2.05, 4.69) is 10.6 Å². The summed E-state index contributed by atoms with van der Waals surface area (Å²) < 4.78 is 28.1. The number of halogens is 2. The Labute approximate surface area is 132 Å². The number of fused-ring (bicyclic) bond motifs is 1. The molecular weight excluding hydrogens is 306 g/mol. The molecule has 1 saturated carbocycles. The maximum Gasteiger partial charge on any atom is 0.352 e.